The van der Waals surface area contributed by atoms with E-state index in [1.54, 1.807) is 20.0 Å². The number of carbonyl (C=O) groups excluding carboxylic acids is 1. The molecule has 1 aromatic heterocycles. The van der Waals surface area contributed by atoms with Crippen molar-refractivity contribution in [2.75, 3.05) is 26.7 Å². The van der Waals surface area contributed by atoms with Crippen molar-refractivity contribution in [2.45, 2.75) is 64.8 Å². The maximum Gasteiger partial charge on any atom is 0.293 e. The molecule has 0 bridgehead atoms. The lowest BCUT2D eigenvalue weighted by Gasteiger charge is -2.31. The standard InChI is InChI=1S/C21H38N4O3/c1-6-7-8-9-10-21(3,24-14-12-22)11-13-23-19(26)17-15-16(2)25(4)20(27)18(17)28-5/h15,24H,6-14,22H2,1-5H3,(H,23,26). The Kier molecular flexibility index (Phi) is 10.2. The first-order chi connectivity index (χ1) is 13.3. The van der Waals surface area contributed by atoms with Crippen molar-refractivity contribution in [3.63, 3.8) is 0 Å². The SMILES string of the molecule is CCCCCCC(C)(CCNC(=O)c1cc(C)n(C)c(=O)c1OC)NCCN. The van der Waals surface area contributed by atoms with Gasteiger partial charge >= 0.3 is 0 Å². The number of hydrogen-bond acceptors (Lipinski definition) is 5. The normalized spacial score (nSPS) is 13.2. The predicted octanol–water partition coefficient (Wildman–Crippen LogP) is 2.10. The van der Waals surface area contributed by atoms with Gasteiger partial charge < -0.3 is 25.7 Å². The Hall–Kier alpha value is -1.86. The fourth-order valence-corrected chi connectivity index (χ4v) is 3.33. The third-order valence-electron chi connectivity index (χ3n) is 5.32. The van der Waals surface area contributed by atoms with Gasteiger partial charge in [0, 0.05) is 37.9 Å². The summed E-state index contributed by atoms with van der Waals surface area (Å²) in [7, 11) is 3.07. The van der Waals surface area contributed by atoms with Crippen LogP contribution in [0.15, 0.2) is 10.9 Å². The van der Waals surface area contributed by atoms with Gasteiger partial charge in [0.1, 0.15) is 0 Å². The predicted molar refractivity (Wildman–Crippen MR) is 114 cm³/mol. The Balaban J connectivity index is 2.75. The van der Waals surface area contributed by atoms with Gasteiger partial charge in [0.15, 0.2) is 5.75 Å². The number of unbranched alkanes of at least 4 members (excludes halogenated alkanes) is 3. The molecule has 7 heteroatoms. The molecule has 1 aromatic rings. The van der Waals surface area contributed by atoms with E-state index < -0.39 is 0 Å². The Morgan fingerprint density at radius 2 is 1.96 bits per heavy atom. The van der Waals surface area contributed by atoms with Crippen LogP contribution in [-0.2, 0) is 7.05 Å². The van der Waals surface area contributed by atoms with E-state index in [2.05, 4.69) is 24.5 Å². The van der Waals surface area contributed by atoms with Crippen LogP contribution < -0.4 is 26.7 Å². The van der Waals surface area contributed by atoms with Crippen molar-refractivity contribution < 1.29 is 9.53 Å². The van der Waals surface area contributed by atoms with Crippen molar-refractivity contribution in [3.8, 4) is 5.75 Å². The first-order valence-electron chi connectivity index (χ1n) is 10.3. The molecule has 7 nitrogen and oxygen atoms in total. The van der Waals surface area contributed by atoms with Crippen molar-refractivity contribution in [3.05, 3.63) is 27.7 Å². The molecule has 4 N–H and O–H groups in total. The molecular formula is C21H38N4O3. The molecular weight excluding hydrogens is 356 g/mol. The van der Waals surface area contributed by atoms with Crippen molar-refractivity contribution in [1.29, 1.82) is 0 Å². The maximum atomic E-state index is 12.7. The Morgan fingerprint density at radius 1 is 1.25 bits per heavy atom. The fraction of sp³-hybridized carbons (Fsp3) is 0.714. The highest BCUT2D eigenvalue weighted by molar-refractivity contribution is 5.96. The average Bonchev–Trinajstić information content (AvgIpc) is 2.67. The molecule has 1 unspecified atom stereocenters. The summed E-state index contributed by atoms with van der Waals surface area (Å²) in [6.07, 6.45) is 6.64. The van der Waals surface area contributed by atoms with Gasteiger partial charge in [0.05, 0.1) is 12.7 Å². The summed E-state index contributed by atoms with van der Waals surface area (Å²) in [5.41, 5.74) is 6.27. The molecule has 0 aliphatic heterocycles. The van der Waals surface area contributed by atoms with Crippen LogP contribution in [0.25, 0.3) is 0 Å². The monoisotopic (exact) mass is 394 g/mol. The van der Waals surface area contributed by atoms with Crippen LogP contribution in [-0.4, -0.2) is 42.8 Å². The zero-order valence-corrected chi connectivity index (χ0v) is 18.2. The highest BCUT2D eigenvalue weighted by Crippen LogP contribution is 2.19. The summed E-state index contributed by atoms with van der Waals surface area (Å²) < 4.78 is 6.66. The summed E-state index contributed by atoms with van der Waals surface area (Å²) >= 11 is 0. The number of rotatable bonds is 13. The molecule has 0 spiro atoms. The lowest BCUT2D eigenvalue weighted by molar-refractivity contribution is 0.0945. The maximum absolute atomic E-state index is 12.7. The quantitative estimate of drug-likeness (QED) is 0.445. The van der Waals surface area contributed by atoms with Crippen LogP contribution in [0.5, 0.6) is 5.75 Å². The second kappa shape index (κ2) is 11.9. The van der Waals surface area contributed by atoms with Gasteiger partial charge in [-0.3, -0.25) is 9.59 Å². The molecule has 1 atom stereocenters. The number of aromatic nitrogens is 1. The van der Waals surface area contributed by atoms with Gasteiger partial charge in [-0.1, -0.05) is 32.6 Å². The van der Waals surface area contributed by atoms with Crippen LogP contribution in [0.2, 0.25) is 0 Å². The number of amides is 1. The van der Waals surface area contributed by atoms with Gasteiger partial charge in [-0.05, 0) is 32.8 Å². The minimum Gasteiger partial charge on any atom is -0.491 e. The second-order valence-electron chi connectivity index (χ2n) is 7.69. The number of aryl methyl sites for hydroxylation is 1. The molecule has 0 aliphatic carbocycles. The van der Waals surface area contributed by atoms with Crippen molar-refractivity contribution in [1.82, 2.24) is 15.2 Å². The highest BCUT2D eigenvalue weighted by atomic mass is 16.5. The third kappa shape index (κ3) is 6.95. The molecule has 0 aromatic carbocycles. The van der Waals surface area contributed by atoms with E-state index in [-0.39, 0.29) is 28.3 Å². The summed E-state index contributed by atoms with van der Waals surface area (Å²) in [4.78, 5) is 25.0. The minimum atomic E-state index is -0.307. The first kappa shape index (κ1) is 24.2. The summed E-state index contributed by atoms with van der Waals surface area (Å²) in [5, 5.41) is 6.47. The summed E-state index contributed by atoms with van der Waals surface area (Å²) in [5.74, 6) is -0.209. The number of carbonyl (C=O) groups is 1. The zero-order valence-electron chi connectivity index (χ0n) is 18.2. The number of hydrogen-bond donors (Lipinski definition) is 3. The molecule has 1 rings (SSSR count). The topological polar surface area (TPSA) is 98.4 Å². The molecule has 28 heavy (non-hydrogen) atoms. The smallest absolute Gasteiger partial charge is 0.293 e. The van der Waals surface area contributed by atoms with Crippen molar-refractivity contribution in [2.24, 2.45) is 12.8 Å². The number of ether oxygens (including phenoxy) is 1. The van der Waals surface area contributed by atoms with E-state index in [9.17, 15) is 9.59 Å². The lowest BCUT2D eigenvalue weighted by Crippen LogP contribution is -2.47. The highest BCUT2D eigenvalue weighted by Gasteiger charge is 2.24. The summed E-state index contributed by atoms with van der Waals surface area (Å²) in [6.45, 7) is 8.03. The molecule has 160 valence electrons. The molecule has 0 aliphatic rings. The van der Waals surface area contributed by atoms with E-state index in [1.165, 1.54) is 30.9 Å². The van der Waals surface area contributed by atoms with Crippen molar-refractivity contribution >= 4 is 5.91 Å². The minimum absolute atomic E-state index is 0.0762. The van der Waals surface area contributed by atoms with E-state index >= 15 is 0 Å². The van der Waals surface area contributed by atoms with Gasteiger partial charge in [-0.2, -0.15) is 0 Å². The molecule has 0 fully saturated rings. The third-order valence-corrected chi connectivity index (χ3v) is 5.32. The van der Waals surface area contributed by atoms with E-state index in [4.69, 9.17) is 10.5 Å². The number of nitrogens with one attached hydrogen (secondary N) is 2. The lowest BCUT2D eigenvalue weighted by atomic mass is 9.90. The van der Waals surface area contributed by atoms with Gasteiger partial charge in [0.25, 0.3) is 11.5 Å². The molecule has 0 radical (unpaired) electrons. The number of pyridine rings is 1. The molecule has 1 amide bonds. The van der Waals surface area contributed by atoms with Crippen LogP contribution in [0.1, 0.15) is 68.4 Å². The van der Waals surface area contributed by atoms with Gasteiger partial charge in [0.2, 0.25) is 0 Å². The number of methoxy groups -OCH3 is 1. The summed E-state index contributed by atoms with van der Waals surface area (Å²) in [6, 6.07) is 1.69. The zero-order chi connectivity index (χ0) is 21.2. The fourth-order valence-electron chi connectivity index (χ4n) is 3.33. The van der Waals surface area contributed by atoms with E-state index in [0.717, 1.165) is 25.8 Å². The molecule has 0 saturated carbocycles. The van der Waals surface area contributed by atoms with Gasteiger partial charge in [-0.25, -0.2) is 0 Å². The molecule has 1 heterocycles. The first-order valence-corrected chi connectivity index (χ1v) is 10.3. The number of nitrogens with zero attached hydrogens (tertiary/aromatic N) is 1. The van der Waals surface area contributed by atoms with Crippen LogP contribution in [0, 0.1) is 6.92 Å². The Labute approximate surface area is 169 Å². The number of nitrogens with two attached hydrogens (primary N) is 1. The Morgan fingerprint density at radius 3 is 2.57 bits per heavy atom. The van der Waals surface area contributed by atoms with Crippen LogP contribution in [0.3, 0.4) is 0 Å². The van der Waals surface area contributed by atoms with Crippen LogP contribution >= 0.6 is 0 Å². The average molecular weight is 395 g/mol. The largest absolute Gasteiger partial charge is 0.491 e. The van der Waals surface area contributed by atoms with Gasteiger partial charge in [-0.15, -0.1) is 0 Å². The Bertz CT molecular complexity index is 687. The molecule has 0 saturated heterocycles. The van der Waals surface area contributed by atoms with E-state index in [1.807, 2.05) is 0 Å². The van der Waals surface area contributed by atoms with Crippen LogP contribution in [0.4, 0.5) is 0 Å². The second-order valence-corrected chi connectivity index (χ2v) is 7.69. The van der Waals surface area contributed by atoms with E-state index in [0.29, 0.717) is 18.8 Å².